The lowest BCUT2D eigenvalue weighted by Crippen LogP contribution is -2.33. The van der Waals surface area contributed by atoms with Gasteiger partial charge in [0, 0.05) is 12.6 Å². The van der Waals surface area contributed by atoms with Gasteiger partial charge in [-0.15, -0.1) is 0 Å². The molecule has 2 unspecified atom stereocenters. The second-order valence-corrected chi connectivity index (χ2v) is 6.45. The van der Waals surface area contributed by atoms with Crippen LogP contribution in [-0.2, 0) is 4.74 Å². The molecule has 2 N–H and O–H groups in total. The zero-order chi connectivity index (χ0) is 12.8. The van der Waals surface area contributed by atoms with Gasteiger partial charge in [-0.05, 0) is 50.4 Å². The minimum absolute atomic E-state index is 0.428. The predicted octanol–water partition coefficient (Wildman–Crippen LogP) is 3.88. The first-order valence-corrected chi connectivity index (χ1v) is 8.16. The third-order valence-corrected chi connectivity index (χ3v) is 5.04. The average molecular weight is 253 g/mol. The SMILES string of the molecule is CCCC1CCC(C(N)CCC2CCCO2)CC1. The molecule has 1 saturated carbocycles. The Morgan fingerprint density at radius 2 is 1.89 bits per heavy atom. The van der Waals surface area contributed by atoms with E-state index in [1.165, 1.54) is 64.2 Å². The summed E-state index contributed by atoms with van der Waals surface area (Å²) in [5, 5.41) is 0. The molecule has 106 valence electrons. The van der Waals surface area contributed by atoms with Gasteiger partial charge < -0.3 is 10.5 Å². The van der Waals surface area contributed by atoms with E-state index in [2.05, 4.69) is 6.92 Å². The lowest BCUT2D eigenvalue weighted by atomic mass is 9.76. The van der Waals surface area contributed by atoms with Crippen molar-refractivity contribution in [3.8, 4) is 0 Å². The topological polar surface area (TPSA) is 35.2 Å². The molecule has 0 amide bonds. The Morgan fingerprint density at radius 3 is 2.50 bits per heavy atom. The third kappa shape index (κ3) is 4.24. The zero-order valence-electron chi connectivity index (χ0n) is 12.1. The van der Waals surface area contributed by atoms with E-state index in [1.807, 2.05) is 0 Å². The Morgan fingerprint density at radius 1 is 1.11 bits per heavy atom. The molecule has 1 aliphatic carbocycles. The van der Waals surface area contributed by atoms with Gasteiger partial charge >= 0.3 is 0 Å². The van der Waals surface area contributed by atoms with Crippen LogP contribution in [0.1, 0.15) is 71.1 Å². The molecule has 1 saturated heterocycles. The maximum absolute atomic E-state index is 6.39. The molecule has 1 heterocycles. The molecule has 18 heavy (non-hydrogen) atoms. The van der Waals surface area contributed by atoms with E-state index in [-0.39, 0.29) is 0 Å². The Balaban J connectivity index is 1.62. The summed E-state index contributed by atoms with van der Waals surface area (Å²) in [5.74, 6) is 1.79. The van der Waals surface area contributed by atoms with Crippen LogP contribution < -0.4 is 5.73 Å². The molecule has 0 aromatic rings. The van der Waals surface area contributed by atoms with Crippen molar-refractivity contribution >= 4 is 0 Å². The minimum atomic E-state index is 0.428. The van der Waals surface area contributed by atoms with Gasteiger partial charge in [-0.2, -0.15) is 0 Å². The van der Waals surface area contributed by atoms with Crippen LogP contribution in [0.5, 0.6) is 0 Å². The van der Waals surface area contributed by atoms with Gasteiger partial charge in [0.2, 0.25) is 0 Å². The summed E-state index contributed by atoms with van der Waals surface area (Å²) >= 11 is 0. The maximum Gasteiger partial charge on any atom is 0.0576 e. The Kier molecular flexibility index (Phi) is 5.97. The second-order valence-electron chi connectivity index (χ2n) is 6.45. The minimum Gasteiger partial charge on any atom is -0.378 e. The van der Waals surface area contributed by atoms with Crippen LogP contribution in [0.2, 0.25) is 0 Å². The lowest BCUT2D eigenvalue weighted by molar-refractivity contribution is 0.0969. The van der Waals surface area contributed by atoms with E-state index in [0.29, 0.717) is 12.1 Å². The molecule has 0 aromatic carbocycles. The number of hydrogen-bond donors (Lipinski definition) is 1. The van der Waals surface area contributed by atoms with E-state index in [1.54, 1.807) is 0 Å². The Bertz CT molecular complexity index is 217. The number of nitrogens with two attached hydrogens (primary N) is 1. The molecule has 0 aromatic heterocycles. The molecule has 2 heteroatoms. The van der Waals surface area contributed by atoms with Gasteiger partial charge in [-0.1, -0.05) is 32.6 Å². The smallest absolute Gasteiger partial charge is 0.0576 e. The molecule has 0 bridgehead atoms. The number of rotatable bonds is 6. The molecule has 2 aliphatic rings. The van der Waals surface area contributed by atoms with E-state index in [4.69, 9.17) is 10.5 Å². The van der Waals surface area contributed by atoms with Gasteiger partial charge in [-0.25, -0.2) is 0 Å². The second kappa shape index (κ2) is 7.49. The molecule has 2 atom stereocenters. The van der Waals surface area contributed by atoms with Crippen LogP contribution in [-0.4, -0.2) is 18.8 Å². The van der Waals surface area contributed by atoms with E-state index < -0.39 is 0 Å². The van der Waals surface area contributed by atoms with Crippen LogP contribution >= 0.6 is 0 Å². The fraction of sp³-hybridized carbons (Fsp3) is 1.00. The molecule has 2 nitrogen and oxygen atoms in total. The maximum atomic E-state index is 6.39. The van der Waals surface area contributed by atoms with E-state index >= 15 is 0 Å². The summed E-state index contributed by atoms with van der Waals surface area (Å²) < 4.78 is 5.68. The van der Waals surface area contributed by atoms with Crippen molar-refractivity contribution in [3.05, 3.63) is 0 Å². The highest BCUT2D eigenvalue weighted by Gasteiger charge is 2.26. The standard InChI is InChI=1S/C16H31NO/c1-2-4-13-6-8-14(9-7-13)16(17)11-10-15-5-3-12-18-15/h13-16H,2-12,17H2,1H3. The molecular weight excluding hydrogens is 222 g/mol. The largest absolute Gasteiger partial charge is 0.378 e. The first kappa shape index (κ1) is 14.3. The highest BCUT2D eigenvalue weighted by atomic mass is 16.5. The van der Waals surface area contributed by atoms with Crippen molar-refractivity contribution in [3.63, 3.8) is 0 Å². The average Bonchev–Trinajstić information content (AvgIpc) is 2.90. The van der Waals surface area contributed by atoms with Gasteiger partial charge in [0.1, 0.15) is 0 Å². The van der Waals surface area contributed by atoms with Gasteiger partial charge in [0.05, 0.1) is 6.10 Å². The van der Waals surface area contributed by atoms with Gasteiger partial charge in [0.15, 0.2) is 0 Å². The highest BCUT2D eigenvalue weighted by Crippen LogP contribution is 2.34. The fourth-order valence-electron chi connectivity index (χ4n) is 3.80. The Hall–Kier alpha value is -0.0800. The summed E-state index contributed by atoms with van der Waals surface area (Å²) in [6, 6.07) is 0.428. The first-order chi connectivity index (χ1) is 8.79. The summed E-state index contributed by atoms with van der Waals surface area (Å²) in [6.45, 7) is 3.28. The van der Waals surface area contributed by atoms with Crippen molar-refractivity contribution in [2.45, 2.75) is 83.3 Å². The van der Waals surface area contributed by atoms with Crippen LogP contribution in [0.25, 0.3) is 0 Å². The summed E-state index contributed by atoms with van der Waals surface area (Å²) in [5.41, 5.74) is 6.39. The molecule has 2 rings (SSSR count). The monoisotopic (exact) mass is 253 g/mol. The fourth-order valence-corrected chi connectivity index (χ4v) is 3.80. The van der Waals surface area contributed by atoms with E-state index in [9.17, 15) is 0 Å². The van der Waals surface area contributed by atoms with Gasteiger partial charge in [-0.3, -0.25) is 0 Å². The number of hydrogen-bond acceptors (Lipinski definition) is 2. The zero-order valence-corrected chi connectivity index (χ0v) is 12.1. The molecular formula is C16H31NO. The molecule has 2 fully saturated rings. The van der Waals surface area contributed by atoms with Crippen molar-refractivity contribution in [2.24, 2.45) is 17.6 Å². The van der Waals surface area contributed by atoms with Crippen LogP contribution in [0, 0.1) is 11.8 Å². The molecule has 1 aliphatic heterocycles. The Labute approximate surface area is 113 Å². The molecule has 0 spiro atoms. The van der Waals surface area contributed by atoms with Crippen LogP contribution in [0.3, 0.4) is 0 Å². The normalized spacial score (nSPS) is 34.7. The predicted molar refractivity (Wildman–Crippen MR) is 76.5 cm³/mol. The van der Waals surface area contributed by atoms with Gasteiger partial charge in [0.25, 0.3) is 0 Å². The highest BCUT2D eigenvalue weighted by molar-refractivity contribution is 4.81. The number of ether oxygens (including phenoxy) is 1. The van der Waals surface area contributed by atoms with Crippen LogP contribution in [0.4, 0.5) is 0 Å². The summed E-state index contributed by atoms with van der Waals surface area (Å²) in [4.78, 5) is 0. The van der Waals surface area contributed by atoms with Crippen molar-refractivity contribution < 1.29 is 4.74 Å². The van der Waals surface area contributed by atoms with E-state index in [0.717, 1.165) is 18.4 Å². The van der Waals surface area contributed by atoms with Crippen molar-refractivity contribution in [2.75, 3.05) is 6.61 Å². The summed E-state index contributed by atoms with van der Waals surface area (Å²) in [6.07, 6.45) is 13.8. The summed E-state index contributed by atoms with van der Waals surface area (Å²) in [7, 11) is 0. The third-order valence-electron chi connectivity index (χ3n) is 5.04. The van der Waals surface area contributed by atoms with Crippen LogP contribution in [0.15, 0.2) is 0 Å². The lowest BCUT2D eigenvalue weighted by Gasteiger charge is -2.32. The quantitative estimate of drug-likeness (QED) is 0.779. The van der Waals surface area contributed by atoms with Crippen molar-refractivity contribution in [1.82, 2.24) is 0 Å². The first-order valence-electron chi connectivity index (χ1n) is 8.16. The van der Waals surface area contributed by atoms with Crippen molar-refractivity contribution in [1.29, 1.82) is 0 Å². The molecule has 0 radical (unpaired) electrons.